The summed E-state index contributed by atoms with van der Waals surface area (Å²) in [6.45, 7) is 1.68. The van der Waals surface area contributed by atoms with E-state index in [9.17, 15) is 8.78 Å². The predicted molar refractivity (Wildman–Crippen MR) is 48.7 cm³/mol. The van der Waals surface area contributed by atoms with Crippen molar-refractivity contribution >= 4 is 11.6 Å². The molecule has 0 aliphatic rings. The molecule has 1 aromatic heterocycles. The Hall–Kier alpha value is -0.680. The molecular weight excluding hydrogens is 214 g/mol. The quantitative estimate of drug-likeness (QED) is 0.846. The van der Waals surface area contributed by atoms with Crippen LogP contribution >= 0.6 is 11.6 Å². The second-order valence-electron chi connectivity index (χ2n) is 3.08. The van der Waals surface area contributed by atoms with Crippen LogP contribution in [0.15, 0.2) is 0 Å². The van der Waals surface area contributed by atoms with E-state index in [1.807, 2.05) is 0 Å². The Balaban J connectivity index is 2.86. The molecule has 0 fully saturated rings. The van der Waals surface area contributed by atoms with Crippen molar-refractivity contribution in [1.29, 1.82) is 0 Å². The molecule has 3 nitrogen and oxygen atoms in total. The smallest absolute Gasteiger partial charge is 0.264 e. The molecule has 1 heterocycles. The van der Waals surface area contributed by atoms with E-state index in [1.54, 1.807) is 14.0 Å². The fourth-order valence-electron chi connectivity index (χ4n) is 1.19. The highest BCUT2D eigenvalue weighted by Gasteiger charge is 2.21. The molecule has 0 saturated heterocycles. The van der Waals surface area contributed by atoms with Crippen molar-refractivity contribution in [3.05, 3.63) is 16.4 Å². The van der Waals surface area contributed by atoms with Gasteiger partial charge in [-0.05, 0) is 6.92 Å². The Morgan fingerprint density at radius 2 is 2.14 bits per heavy atom. The van der Waals surface area contributed by atoms with E-state index in [0.717, 1.165) is 0 Å². The Labute approximate surface area is 85.3 Å². The standard InChI is InChI=1S/C8H11ClF2N2O/c1-4-7(9)5(13(2)12-4)3-6(14)8(10)11/h6,8,14H,3H2,1-2H3. The summed E-state index contributed by atoms with van der Waals surface area (Å²) in [5.74, 6) is 0. The van der Waals surface area contributed by atoms with Crippen LogP contribution in [-0.2, 0) is 13.5 Å². The van der Waals surface area contributed by atoms with Crippen LogP contribution in [0.2, 0.25) is 5.02 Å². The van der Waals surface area contributed by atoms with Crippen molar-refractivity contribution < 1.29 is 13.9 Å². The molecule has 0 aliphatic heterocycles. The fraction of sp³-hybridized carbons (Fsp3) is 0.625. The maximum atomic E-state index is 12.1. The average Bonchev–Trinajstić information content (AvgIpc) is 2.32. The summed E-state index contributed by atoms with van der Waals surface area (Å²) in [6, 6.07) is 0. The van der Waals surface area contributed by atoms with Crippen molar-refractivity contribution in [2.75, 3.05) is 0 Å². The van der Waals surface area contributed by atoms with Crippen molar-refractivity contribution in [3.8, 4) is 0 Å². The Morgan fingerprint density at radius 1 is 1.57 bits per heavy atom. The first-order valence-corrected chi connectivity index (χ1v) is 4.45. The van der Waals surface area contributed by atoms with Crippen molar-refractivity contribution in [3.63, 3.8) is 0 Å². The minimum atomic E-state index is -2.76. The van der Waals surface area contributed by atoms with Gasteiger partial charge in [0.2, 0.25) is 0 Å². The van der Waals surface area contributed by atoms with Gasteiger partial charge in [-0.25, -0.2) is 8.78 Å². The topological polar surface area (TPSA) is 38.0 Å². The zero-order chi connectivity index (χ0) is 10.9. The highest BCUT2D eigenvalue weighted by atomic mass is 35.5. The van der Waals surface area contributed by atoms with E-state index in [4.69, 9.17) is 16.7 Å². The molecule has 0 amide bonds. The minimum absolute atomic E-state index is 0.187. The van der Waals surface area contributed by atoms with Crippen LogP contribution in [0.1, 0.15) is 11.4 Å². The van der Waals surface area contributed by atoms with E-state index < -0.39 is 12.5 Å². The van der Waals surface area contributed by atoms with Crippen molar-refractivity contribution in [1.82, 2.24) is 9.78 Å². The molecule has 1 unspecified atom stereocenters. The molecule has 1 N–H and O–H groups in total. The van der Waals surface area contributed by atoms with Crippen LogP contribution < -0.4 is 0 Å². The third-order valence-electron chi connectivity index (χ3n) is 1.95. The number of aromatic nitrogens is 2. The van der Waals surface area contributed by atoms with E-state index in [2.05, 4.69) is 5.10 Å². The zero-order valence-electron chi connectivity index (χ0n) is 7.84. The molecular formula is C8H11ClF2N2O. The fourth-order valence-corrected chi connectivity index (χ4v) is 1.43. The van der Waals surface area contributed by atoms with Crippen LogP contribution in [0, 0.1) is 6.92 Å². The Morgan fingerprint density at radius 3 is 2.50 bits per heavy atom. The normalized spacial score (nSPS) is 13.6. The van der Waals surface area contributed by atoms with Gasteiger partial charge in [-0.1, -0.05) is 11.6 Å². The molecule has 0 radical (unpaired) electrons. The lowest BCUT2D eigenvalue weighted by molar-refractivity contribution is -0.00458. The number of nitrogens with zero attached hydrogens (tertiary/aromatic N) is 2. The second kappa shape index (κ2) is 4.23. The van der Waals surface area contributed by atoms with E-state index >= 15 is 0 Å². The van der Waals surface area contributed by atoms with Crippen LogP contribution in [0.4, 0.5) is 8.78 Å². The Bertz CT molecular complexity index is 327. The third-order valence-corrected chi connectivity index (χ3v) is 2.45. The number of aliphatic hydroxyl groups excluding tert-OH is 1. The lowest BCUT2D eigenvalue weighted by Crippen LogP contribution is -2.21. The third kappa shape index (κ3) is 2.22. The maximum absolute atomic E-state index is 12.1. The summed E-state index contributed by atoms with van der Waals surface area (Å²) >= 11 is 5.82. The first-order chi connectivity index (χ1) is 6.43. The molecule has 1 rings (SSSR count). The minimum Gasteiger partial charge on any atom is -0.387 e. The Kier molecular flexibility index (Phi) is 3.44. The number of rotatable bonds is 3. The van der Waals surface area contributed by atoms with Crippen LogP contribution in [0.25, 0.3) is 0 Å². The highest BCUT2D eigenvalue weighted by Crippen LogP contribution is 2.21. The number of aryl methyl sites for hydroxylation is 2. The number of aliphatic hydroxyl groups is 1. The van der Waals surface area contributed by atoms with Gasteiger partial charge in [-0.15, -0.1) is 0 Å². The summed E-state index contributed by atoms with van der Waals surface area (Å²) in [6.07, 6.45) is -4.64. The number of hydrogen-bond acceptors (Lipinski definition) is 2. The van der Waals surface area contributed by atoms with Gasteiger partial charge in [0.1, 0.15) is 6.10 Å². The molecule has 1 aromatic rings. The van der Waals surface area contributed by atoms with Gasteiger partial charge in [0.25, 0.3) is 6.43 Å². The predicted octanol–water partition coefficient (Wildman–Crippen LogP) is 1.55. The first kappa shape index (κ1) is 11.4. The van der Waals surface area contributed by atoms with Crippen LogP contribution in [-0.4, -0.2) is 27.4 Å². The molecule has 14 heavy (non-hydrogen) atoms. The summed E-state index contributed by atoms with van der Waals surface area (Å²) < 4.78 is 25.5. The SMILES string of the molecule is Cc1nn(C)c(CC(O)C(F)F)c1Cl. The van der Waals surface area contributed by atoms with Crippen LogP contribution in [0.5, 0.6) is 0 Å². The molecule has 1 atom stereocenters. The van der Waals surface area contributed by atoms with Crippen LogP contribution in [0.3, 0.4) is 0 Å². The maximum Gasteiger partial charge on any atom is 0.264 e. The molecule has 80 valence electrons. The first-order valence-electron chi connectivity index (χ1n) is 4.07. The highest BCUT2D eigenvalue weighted by molar-refractivity contribution is 6.31. The molecule has 0 saturated carbocycles. The number of halogens is 3. The van der Waals surface area contributed by atoms with Gasteiger partial charge < -0.3 is 5.11 Å². The summed E-state index contributed by atoms with van der Waals surface area (Å²) in [7, 11) is 1.60. The number of hydrogen-bond donors (Lipinski definition) is 1. The van der Waals surface area contributed by atoms with Gasteiger partial charge >= 0.3 is 0 Å². The van der Waals surface area contributed by atoms with E-state index in [0.29, 0.717) is 16.4 Å². The second-order valence-corrected chi connectivity index (χ2v) is 3.45. The molecule has 0 spiro atoms. The summed E-state index contributed by atoms with van der Waals surface area (Å²) in [4.78, 5) is 0. The van der Waals surface area contributed by atoms with Crippen molar-refractivity contribution in [2.45, 2.75) is 25.9 Å². The monoisotopic (exact) mass is 224 g/mol. The van der Waals surface area contributed by atoms with Gasteiger partial charge in [0, 0.05) is 13.5 Å². The van der Waals surface area contributed by atoms with Crippen molar-refractivity contribution in [2.24, 2.45) is 7.05 Å². The average molecular weight is 225 g/mol. The molecule has 6 heteroatoms. The largest absolute Gasteiger partial charge is 0.387 e. The molecule has 0 aliphatic carbocycles. The van der Waals surface area contributed by atoms with Gasteiger partial charge in [0.05, 0.1) is 16.4 Å². The van der Waals surface area contributed by atoms with Gasteiger partial charge in [-0.3, -0.25) is 4.68 Å². The lowest BCUT2D eigenvalue weighted by Gasteiger charge is -2.09. The molecule has 0 aromatic carbocycles. The molecule has 0 bridgehead atoms. The zero-order valence-corrected chi connectivity index (χ0v) is 8.59. The summed E-state index contributed by atoms with van der Waals surface area (Å²) in [5, 5.41) is 13.3. The van der Waals surface area contributed by atoms with Gasteiger partial charge in [-0.2, -0.15) is 5.10 Å². The van der Waals surface area contributed by atoms with E-state index in [1.165, 1.54) is 4.68 Å². The lowest BCUT2D eigenvalue weighted by atomic mass is 10.2. The van der Waals surface area contributed by atoms with E-state index in [-0.39, 0.29) is 6.42 Å². The summed E-state index contributed by atoms with van der Waals surface area (Å²) in [5.41, 5.74) is 1.00. The number of alkyl halides is 2. The van der Waals surface area contributed by atoms with Gasteiger partial charge in [0.15, 0.2) is 0 Å².